The van der Waals surface area contributed by atoms with Crippen molar-refractivity contribution in [1.82, 2.24) is 14.5 Å². The van der Waals surface area contributed by atoms with Crippen LogP contribution in [0.25, 0.3) is 16.7 Å². The van der Waals surface area contributed by atoms with Gasteiger partial charge in [0.2, 0.25) is 11.9 Å². The molecule has 0 fully saturated rings. The third kappa shape index (κ3) is 4.59. The molecule has 0 unspecified atom stereocenters. The Kier molecular flexibility index (Phi) is 6.44. The average molecular weight is 446 g/mol. The number of carbonyl (C=O) groups is 1. The predicted molar refractivity (Wildman–Crippen MR) is 129 cm³/mol. The van der Waals surface area contributed by atoms with Crippen LogP contribution in [0.2, 0.25) is 0 Å². The first-order valence-electron chi connectivity index (χ1n) is 10.8. The summed E-state index contributed by atoms with van der Waals surface area (Å²) in [6, 6.07) is 13.2. The zero-order valence-electron chi connectivity index (χ0n) is 19.0. The highest BCUT2D eigenvalue weighted by Crippen LogP contribution is 2.31. The number of benzene rings is 2. The number of methoxy groups -OCH3 is 2. The van der Waals surface area contributed by atoms with Crippen LogP contribution < -0.4 is 20.5 Å². The molecular weight excluding hydrogens is 418 g/mol. The van der Waals surface area contributed by atoms with E-state index < -0.39 is 5.91 Å². The number of nitrogens with zero attached hydrogens (tertiary/aromatic N) is 3. The molecule has 0 saturated heterocycles. The molecule has 0 aliphatic carbocycles. The number of anilines is 2. The minimum absolute atomic E-state index is 0.409. The highest BCUT2D eigenvalue weighted by atomic mass is 16.5. The molecule has 8 nitrogen and oxygen atoms in total. The Morgan fingerprint density at radius 2 is 1.91 bits per heavy atom. The van der Waals surface area contributed by atoms with Gasteiger partial charge in [-0.1, -0.05) is 13.3 Å². The zero-order valence-corrected chi connectivity index (χ0v) is 19.0. The van der Waals surface area contributed by atoms with Gasteiger partial charge in [0, 0.05) is 40.8 Å². The van der Waals surface area contributed by atoms with Crippen LogP contribution in [0.15, 0.2) is 54.9 Å². The van der Waals surface area contributed by atoms with Gasteiger partial charge in [-0.2, -0.15) is 4.98 Å². The molecule has 0 aliphatic heterocycles. The smallest absolute Gasteiger partial charge is 0.248 e. The summed E-state index contributed by atoms with van der Waals surface area (Å²) in [6.45, 7) is 2.12. The first kappa shape index (κ1) is 22.1. The van der Waals surface area contributed by atoms with Gasteiger partial charge in [0.1, 0.15) is 5.65 Å². The number of nitrogens with one attached hydrogen (secondary N) is 1. The fourth-order valence-corrected chi connectivity index (χ4v) is 3.77. The van der Waals surface area contributed by atoms with Gasteiger partial charge in [-0.3, -0.25) is 4.79 Å². The third-order valence-corrected chi connectivity index (χ3v) is 5.50. The Hall–Kier alpha value is -4.07. The number of hydrogen-bond donors (Lipinski definition) is 2. The molecule has 0 radical (unpaired) electrons. The van der Waals surface area contributed by atoms with Gasteiger partial charge in [0.05, 0.1) is 14.2 Å². The molecule has 4 rings (SSSR count). The molecular formula is C25H27N5O3. The zero-order chi connectivity index (χ0) is 23.4. The first-order chi connectivity index (χ1) is 16.0. The lowest BCUT2D eigenvalue weighted by Crippen LogP contribution is -2.14. The lowest BCUT2D eigenvalue weighted by molar-refractivity contribution is 0.0999. The highest BCUT2D eigenvalue weighted by molar-refractivity contribution is 5.94. The van der Waals surface area contributed by atoms with E-state index in [0.717, 1.165) is 47.2 Å². The van der Waals surface area contributed by atoms with Gasteiger partial charge >= 0.3 is 0 Å². The summed E-state index contributed by atoms with van der Waals surface area (Å²) in [4.78, 5) is 21.0. The Morgan fingerprint density at radius 3 is 2.64 bits per heavy atom. The standard InChI is InChI=1S/C25H27N5O3/c1-4-5-6-16-13-19(8-9-20(16)23(26)31)30-12-11-17-15-27-25(29-24(17)30)28-18-7-10-21(32-2)22(14-18)33-3/h7-15H,4-6H2,1-3H3,(H2,26,31)(H,27,28,29). The van der Waals surface area contributed by atoms with E-state index >= 15 is 0 Å². The van der Waals surface area contributed by atoms with Crippen molar-refractivity contribution in [2.75, 3.05) is 19.5 Å². The number of aryl methyl sites for hydroxylation is 1. The molecule has 0 saturated carbocycles. The normalized spacial score (nSPS) is 10.9. The molecule has 33 heavy (non-hydrogen) atoms. The maximum atomic E-state index is 11.9. The van der Waals surface area contributed by atoms with E-state index in [1.54, 1.807) is 26.5 Å². The van der Waals surface area contributed by atoms with Crippen molar-refractivity contribution >= 4 is 28.6 Å². The van der Waals surface area contributed by atoms with Crippen molar-refractivity contribution in [1.29, 1.82) is 0 Å². The molecule has 1 amide bonds. The fraction of sp³-hybridized carbons (Fsp3) is 0.240. The van der Waals surface area contributed by atoms with Crippen molar-refractivity contribution in [3.63, 3.8) is 0 Å². The molecule has 0 spiro atoms. The van der Waals surface area contributed by atoms with E-state index in [4.69, 9.17) is 20.2 Å². The second kappa shape index (κ2) is 9.60. The van der Waals surface area contributed by atoms with Crippen molar-refractivity contribution < 1.29 is 14.3 Å². The van der Waals surface area contributed by atoms with E-state index in [9.17, 15) is 4.79 Å². The number of carbonyl (C=O) groups excluding carboxylic acids is 1. The number of aromatic nitrogens is 3. The monoisotopic (exact) mass is 445 g/mol. The van der Waals surface area contributed by atoms with Crippen LogP contribution in [0.1, 0.15) is 35.7 Å². The molecule has 3 N–H and O–H groups in total. The summed E-state index contributed by atoms with van der Waals surface area (Å²) in [5.41, 5.74) is 9.54. The number of ether oxygens (including phenoxy) is 2. The van der Waals surface area contributed by atoms with Gasteiger partial charge in [-0.25, -0.2) is 4.98 Å². The Morgan fingerprint density at radius 1 is 1.09 bits per heavy atom. The van der Waals surface area contributed by atoms with E-state index in [1.807, 2.05) is 47.2 Å². The number of fused-ring (bicyclic) bond motifs is 1. The van der Waals surface area contributed by atoms with Crippen LogP contribution in [0.3, 0.4) is 0 Å². The summed E-state index contributed by atoms with van der Waals surface area (Å²) in [6.07, 6.45) is 6.54. The summed E-state index contributed by atoms with van der Waals surface area (Å²) < 4.78 is 12.6. The van der Waals surface area contributed by atoms with Crippen molar-refractivity contribution in [3.8, 4) is 17.2 Å². The molecule has 0 aliphatic rings. The molecule has 2 aromatic carbocycles. The number of hydrogen-bond acceptors (Lipinski definition) is 6. The van der Waals surface area contributed by atoms with Gasteiger partial charge < -0.3 is 25.1 Å². The van der Waals surface area contributed by atoms with Gasteiger partial charge in [0.25, 0.3) is 0 Å². The molecule has 8 heteroatoms. The first-order valence-corrected chi connectivity index (χ1v) is 10.8. The van der Waals surface area contributed by atoms with Crippen LogP contribution in [-0.4, -0.2) is 34.7 Å². The summed E-state index contributed by atoms with van der Waals surface area (Å²) in [5.74, 6) is 1.30. The fourth-order valence-electron chi connectivity index (χ4n) is 3.77. The number of rotatable bonds is 9. The summed E-state index contributed by atoms with van der Waals surface area (Å²) in [7, 11) is 3.19. The number of primary amides is 1. The molecule has 4 aromatic rings. The lowest BCUT2D eigenvalue weighted by Gasteiger charge is -2.12. The summed E-state index contributed by atoms with van der Waals surface area (Å²) in [5, 5.41) is 4.13. The van der Waals surface area contributed by atoms with Crippen molar-refractivity contribution in [3.05, 3.63) is 66.0 Å². The predicted octanol–water partition coefficient (Wildman–Crippen LogP) is 4.62. The summed E-state index contributed by atoms with van der Waals surface area (Å²) >= 11 is 0. The minimum atomic E-state index is -0.409. The SMILES string of the molecule is CCCCc1cc(-n2ccc3cnc(Nc4ccc(OC)c(OC)c4)nc32)ccc1C(N)=O. The number of nitrogens with two attached hydrogens (primary N) is 1. The van der Waals surface area contributed by atoms with E-state index in [2.05, 4.69) is 17.2 Å². The molecule has 2 heterocycles. The van der Waals surface area contributed by atoms with Crippen molar-refractivity contribution in [2.45, 2.75) is 26.2 Å². The number of unbranched alkanes of at least 4 members (excludes halogenated alkanes) is 1. The maximum absolute atomic E-state index is 11.9. The molecule has 0 atom stereocenters. The maximum Gasteiger partial charge on any atom is 0.248 e. The van der Waals surface area contributed by atoms with E-state index in [1.165, 1.54) is 0 Å². The van der Waals surface area contributed by atoms with Crippen LogP contribution >= 0.6 is 0 Å². The van der Waals surface area contributed by atoms with Gasteiger partial charge in [-0.05, 0) is 54.8 Å². The van der Waals surface area contributed by atoms with Crippen LogP contribution in [0.4, 0.5) is 11.6 Å². The van der Waals surface area contributed by atoms with E-state index in [-0.39, 0.29) is 0 Å². The Bertz CT molecular complexity index is 1300. The van der Waals surface area contributed by atoms with Crippen LogP contribution in [0, 0.1) is 0 Å². The largest absolute Gasteiger partial charge is 0.493 e. The van der Waals surface area contributed by atoms with Crippen LogP contribution in [-0.2, 0) is 6.42 Å². The highest BCUT2D eigenvalue weighted by Gasteiger charge is 2.13. The van der Waals surface area contributed by atoms with Gasteiger partial charge in [-0.15, -0.1) is 0 Å². The molecule has 0 bridgehead atoms. The second-order valence-corrected chi connectivity index (χ2v) is 7.66. The molecule has 170 valence electrons. The lowest BCUT2D eigenvalue weighted by atomic mass is 10.0. The van der Waals surface area contributed by atoms with Gasteiger partial charge in [0.15, 0.2) is 11.5 Å². The number of amides is 1. The van der Waals surface area contributed by atoms with E-state index in [0.29, 0.717) is 23.0 Å². The quantitative estimate of drug-likeness (QED) is 0.389. The minimum Gasteiger partial charge on any atom is -0.493 e. The van der Waals surface area contributed by atoms with Crippen molar-refractivity contribution in [2.24, 2.45) is 5.73 Å². The molecule has 2 aromatic heterocycles. The third-order valence-electron chi connectivity index (χ3n) is 5.50. The average Bonchev–Trinajstić information content (AvgIpc) is 3.25. The second-order valence-electron chi connectivity index (χ2n) is 7.66. The van der Waals surface area contributed by atoms with Crippen LogP contribution in [0.5, 0.6) is 11.5 Å². The Balaban J connectivity index is 1.70. The topological polar surface area (TPSA) is 104 Å². The Labute approximate surface area is 192 Å².